The Morgan fingerprint density at radius 3 is 2.64 bits per heavy atom. The number of imidazole rings is 1. The van der Waals surface area contributed by atoms with Crippen LogP contribution in [0.25, 0.3) is 11.0 Å². The fourth-order valence-electron chi connectivity index (χ4n) is 4.17. The molecule has 1 aliphatic rings. The number of nitrogens with one attached hydrogen (secondary N) is 1. The Morgan fingerprint density at radius 1 is 1.21 bits per heavy atom. The molecule has 33 heavy (non-hydrogen) atoms. The number of aromatic nitrogens is 3. The van der Waals surface area contributed by atoms with Crippen molar-refractivity contribution < 1.29 is 9.59 Å². The minimum Gasteiger partial charge on any atom is -0.338 e. The van der Waals surface area contributed by atoms with Crippen LogP contribution in [0.5, 0.6) is 0 Å². The molecule has 0 unspecified atom stereocenters. The molecule has 0 aliphatic carbocycles. The minimum absolute atomic E-state index is 0.0604. The second-order valence-electron chi connectivity index (χ2n) is 8.45. The zero-order valence-electron chi connectivity index (χ0n) is 18.7. The molecule has 8 nitrogen and oxygen atoms in total. The summed E-state index contributed by atoms with van der Waals surface area (Å²) in [6.45, 7) is 4.96. The number of piperidine rings is 1. The first-order chi connectivity index (χ1) is 16.0. The van der Waals surface area contributed by atoms with Crippen molar-refractivity contribution in [2.75, 3.05) is 13.1 Å². The molecule has 0 spiro atoms. The van der Waals surface area contributed by atoms with Gasteiger partial charge >= 0.3 is 0 Å². The van der Waals surface area contributed by atoms with Gasteiger partial charge in [0, 0.05) is 31.5 Å². The maximum absolute atomic E-state index is 12.8. The van der Waals surface area contributed by atoms with Crippen LogP contribution < -0.4 is 5.62 Å². The van der Waals surface area contributed by atoms with Crippen LogP contribution in [0.4, 0.5) is 0 Å². The van der Waals surface area contributed by atoms with Crippen molar-refractivity contribution in [2.24, 2.45) is 10.9 Å². The summed E-state index contributed by atoms with van der Waals surface area (Å²) in [7, 11) is 0. The van der Waals surface area contributed by atoms with Gasteiger partial charge in [-0.25, -0.2) is 0 Å². The average molecular weight is 443 g/mol. The third-order valence-electron chi connectivity index (χ3n) is 5.72. The van der Waals surface area contributed by atoms with Crippen molar-refractivity contribution in [2.45, 2.75) is 32.7 Å². The third kappa shape index (κ3) is 4.77. The molecule has 1 fully saturated rings. The lowest BCUT2D eigenvalue weighted by atomic mass is 10.0. The van der Waals surface area contributed by atoms with Gasteiger partial charge in [-0.2, -0.15) is 10.3 Å². The number of nitriles is 1. The first-order valence-electron chi connectivity index (χ1n) is 11.1. The van der Waals surface area contributed by atoms with E-state index in [1.807, 2.05) is 44.2 Å². The number of amides is 2. The molecule has 1 aliphatic heterocycles. The van der Waals surface area contributed by atoms with Gasteiger partial charge in [-0.05, 0) is 43.0 Å². The number of hydrogen-bond acceptors (Lipinski definition) is 4. The molecule has 2 aromatic heterocycles. The highest BCUT2D eigenvalue weighted by Gasteiger charge is 2.27. The van der Waals surface area contributed by atoms with Crippen molar-refractivity contribution in [3.8, 4) is 6.07 Å². The monoisotopic (exact) mass is 442 g/mol. The quantitative estimate of drug-likeness (QED) is 0.494. The molecule has 1 saturated heterocycles. The van der Waals surface area contributed by atoms with Crippen molar-refractivity contribution in [1.82, 2.24) is 19.4 Å². The molecule has 0 saturated carbocycles. The summed E-state index contributed by atoms with van der Waals surface area (Å²) in [6.07, 6.45) is 6.22. The molecule has 0 bridgehead atoms. The van der Waals surface area contributed by atoms with E-state index < -0.39 is 0 Å². The van der Waals surface area contributed by atoms with Gasteiger partial charge in [-0.1, -0.05) is 32.1 Å². The summed E-state index contributed by atoms with van der Waals surface area (Å²) in [6, 6.07) is 13.3. The second kappa shape index (κ2) is 9.65. The van der Waals surface area contributed by atoms with Crippen LogP contribution >= 0.6 is 0 Å². The van der Waals surface area contributed by atoms with Gasteiger partial charge in [-0.15, -0.1) is 0 Å². The van der Waals surface area contributed by atoms with E-state index in [9.17, 15) is 14.9 Å². The van der Waals surface area contributed by atoms with E-state index >= 15 is 0 Å². The number of carbonyl (C=O) groups is 2. The van der Waals surface area contributed by atoms with Crippen LogP contribution in [0, 0.1) is 17.2 Å². The fraction of sp³-hybridized carbons (Fsp3) is 0.320. The van der Waals surface area contributed by atoms with Gasteiger partial charge < -0.3 is 14.5 Å². The van der Waals surface area contributed by atoms with Gasteiger partial charge in [-0.3, -0.25) is 14.6 Å². The normalized spacial score (nSPS) is 15.8. The average Bonchev–Trinajstić information content (AvgIpc) is 3.20. The smallest absolute Gasteiger partial charge is 0.281 e. The van der Waals surface area contributed by atoms with E-state index in [4.69, 9.17) is 0 Å². The van der Waals surface area contributed by atoms with E-state index in [-0.39, 0.29) is 29.3 Å². The number of pyridine rings is 1. The Balaban J connectivity index is 1.63. The van der Waals surface area contributed by atoms with E-state index in [1.165, 1.54) is 6.20 Å². The van der Waals surface area contributed by atoms with Crippen molar-refractivity contribution in [1.29, 1.82) is 5.26 Å². The molecule has 0 radical (unpaired) electrons. The van der Waals surface area contributed by atoms with Crippen LogP contribution in [0.2, 0.25) is 0 Å². The van der Waals surface area contributed by atoms with E-state index in [2.05, 4.69) is 19.5 Å². The highest BCUT2D eigenvalue weighted by atomic mass is 16.2. The maximum atomic E-state index is 12.8. The zero-order chi connectivity index (χ0) is 23.4. The highest BCUT2D eigenvalue weighted by Crippen LogP contribution is 2.26. The van der Waals surface area contributed by atoms with E-state index in [0.717, 1.165) is 11.0 Å². The summed E-state index contributed by atoms with van der Waals surface area (Å²) < 4.78 is 2.06. The second-order valence-corrected chi connectivity index (χ2v) is 8.45. The van der Waals surface area contributed by atoms with Crippen LogP contribution in [0.1, 0.15) is 43.1 Å². The molecule has 0 atom stereocenters. The molecule has 8 heteroatoms. The molecule has 168 valence electrons. The minimum atomic E-state index is -0.367. The Morgan fingerprint density at radius 2 is 1.97 bits per heavy atom. The number of H-pyrrole nitrogens is 1. The third-order valence-corrected chi connectivity index (χ3v) is 5.72. The summed E-state index contributed by atoms with van der Waals surface area (Å²) in [5, 5.41) is 9.39. The summed E-state index contributed by atoms with van der Waals surface area (Å²) in [5.41, 5.74) is 2.94. The van der Waals surface area contributed by atoms with Gasteiger partial charge in [0.2, 0.25) is 5.62 Å². The van der Waals surface area contributed by atoms with Crippen LogP contribution in [0.3, 0.4) is 0 Å². The van der Waals surface area contributed by atoms with Gasteiger partial charge in [0.25, 0.3) is 11.8 Å². The predicted molar refractivity (Wildman–Crippen MR) is 124 cm³/mol. The molecule has 1 aromatic carbocycles. The number of allylic oxidation sites excluding steroid dienone is 1. The number of carbonyl (C=O) groups excluding carboxylic acids is 2. The van der Waals surface area contributed by atoms with Crippen molar-refractivity contribution >= 4 is 22.8 Å². The largest absolute Gasteiger partial charge is 0.338 e. The van der Waals surface area contributed by atoms with E-state index in [1.54, 1.807) is 29.3 Å². The van der Waals surface area contributed by atoms with Crippen LogP contribution in [0.15, 0.2) is 65.4 Å². The SMILES string of the molecule is CC(C)/C=C(\C#N)C(=O)N1CCC(n2/c(=N\C(=O)c3cccnc3)[nH]c3ccccc32)CC1. The summed E-state index contributed by atoms with van der Waals surface area (Å²) in [5.74, 6) is -0.455. The highest BCUT2D eigenvalue weighted by molar-refractivity contribution is 5.97. The van der Waals surface area contributed by atoms with E-state index in [0.29, 0.717) is 37.1 Å². The Bertz CT molecular complexity index is 1300. The number of nitrogens with zero attached hydrogens (tertiary/aromatic N) is 5. The van der Waals surface area contributed by atoms with Gasteiger partial charge in [0.05, 0.1) is 16.6 Å². The maximum Gasteiger partial charge on any atom is 0.281 e. The summed E-state index contributed by atoms with van der Waals surface area (Å²) >= 11 is 0. The number of benzene rings is 1. The molecule has 4 rings (SSSR count). The number of fused-ring (bicyclic) bond motifs is 1. The molecule has 2 amide bonds. The molecule has 1 N–H and O–H groups in total. The van der Waals surface area contributed by atoms with Crippen LogP contribution in [-0.2, 0) is 4.79 Å². The van der Waals surface area contributed by atoms with Gasteiger partial charge in [0.15, 0.2) is 0 Å². The van der Waals surface area contributed by atoms with Gasteiger partial charge in [0.1, 0.15) is 11.6 Å². The first-order valence-corrected chi connectivity index (χ1v) is 11.1. The Hall–Kier alpha value is -3.99. The first kappa shape index (κ1) is 22.2. The molecule has 3 aromatic rings. The Labute approximate surface area is 191 Å². The molecular weight excluding hydrogens is 416 g/mol. The standard InChI is InChI=1S/C25H26N6O2/c1-17(2)14-19(15-26)24(33)30-12-9-20(10-13-30)31-22-8-4-3-7-21(22)28-25(31)29-23(32)18-6-5-11-27-16-18/h3-8,11,14,16-17,20H,9-10,12-13H2,1-2H3,(H,28,29,32)/b19-14+. The van der Waals surface area contributed by atoms with Crippen molar-refractivity contribution in [3.63, 3.8) is 0 Å². The predicted octanol–water partition coefficient (Wildman–Crippen LogP) is 3.37. The van der Waals surface area contributed by atoms with Crippen molar-refractivity contribution in [3.05, 3.63) is 71.6 Å². The number of rotatable bonds is 4. The number of para-hydroxylation sites is 2. The number of hydrogen-bond donors (Lipinski definition) is 1. The molecular formula is C25H26N6O2. The molecule has 3 heterocycles. The number of aromatic amines is 1. The lowest BCUT2D eigenvalue weighted by Gasteiger charge is -2.32. The number of likely N-dealkylation sites (tertiary alicyclic amines) is 1. The lowest BCUT2D eigenvalue weighted by molar-refractivity contribution is -0.128. The fourth-order valence-corrected chi connectivity index (χ4v) is 4.17. The summed E-state index contributed by atoms with van der Waals surface area (Å²) in [4.78, 5) is 38.9. The zero-order valence-corrected chi connectivity index (χ0v) is 18.7. The van der Waals surface area contributed by atoms with Crippen LogP contribution in [-0.4, -0.2) is 44.3 Å². The topological polar surface area (TPSA) is 107 Å². The lowest BCUT2D eigenvalue weighted by Crippen LogP contribution is -2.41. The Kier molecular flexibility index (Phi) is 6.50.